The first kappa shape index (κ1) is 12.0. The largest absolute Gasteiger partial charge is 0.290 e. The number of thiazole rings is 1. The van der Waals surface area contributed by atoms with E-state index < -0.39 is 5.82 Å². The monoisotopic (exact) mass is 271 g/mol. The van der Waals surface area contributed by atoms with Crippen molar-refractivity contribution in [2.24, 2.45) is 4.99 Å². The fourth-order valence-electron chi connectivity index (χ4n) is 1.15. The zero-order valence-corrected chi connectivity index (χ0v) is 9.96. The molecule has 2 N–H and O–H groups in total. The number of hydroxylamine groups is 1. The van der Waals surface area contributed by atoms with Crippen LogP contribution in [-0.4, -0.2) is 16.0 Å². The number of hydrogen-bond acceptors (Lipinski definition) is 4. The molecular weight excluding hydrogens is 265 g/mol. The van der Waals surface area contributed by atoms with Gasteiger partial charge in [-0.25, -0.2) is 14.4 Å². The molecule has 2 aromatic rings. The molecule has 0 aliphatic rings. The topological polar surface area (TPSA) is 57.5 Å². The Balaban J connectivity index is 2.36. The van der Waals surface area contributed by atoms with Crippen molar-refractivity contribution in [3.05, 3.63) is 45.6 Å². The zero-order valence-electron chi connectivity index (χ0n) is 8.39. The van der Waals surface area contributed by atoms with Crippen LogP contribution in [0.5, 0.6) is 0 Å². The van der Waals surface area contributed by atoms with Gasteiger partial charge in [0.05, 0.1) is 16.2 Å². The molecule has 0 spiro atoms. The fraction of sp³-hybridized carbons (Fsp3) is 0. The first-order valence-electron chi connectivity index (χ1n) is 4.53. The molecule has 0 atom stereocenters. The van der Waals surface area contributed by atoms with E-state index in [9.17, 15) is 4.39 Å². The molecule has 1 aromatic carbocycles. The molecule has 0 unspecified atom stereocenters. The number of rotatable bonds is 2. The van der Waals surface area contributed by atoms with Gasteiger partial charge in [0.15, 0.2) is 5.84 Å². The SMILES string of the molecule is ONC(=Nc1ccc(F)c(Cl)c1)c1cscn1. The first-order chi connectivity index (χ1) is 8.20. The summed E-state index contributed by atoms with van der Waals surface area (Å²) in [5, 5.41) is 10.6. The second kappa shape index (κ2) is 5.22. The van der Waals surface area contributed by atoms with Crippen LogP contribution in [0.3, 0.4) is 0 Å². The summed E-state index contributed by atoms with van der Waals surface area (Å²) in [5.41, 5.74) is 4.47. The van der Waals surface area contributed by atoms with Gasteiger partial charge in [-0.3, -0.25) is 10.7 Å². The van der Waals surface area contributed by atoms with Crippen LogP contribution in [0.2, 0.25) is 5.02 Å². The predicted molar refractivity (Wildman–Crippen MR) is 64.6 cm³/mol. The number of amidine groups is 1. The molecule has 17 heavy (non-hydrogen) atoms. The van der Waals surface area contributed by atoms with Gasteiger partial charge in [0, 0.05) is 5.38 Å². The Labute approximate surface area is 105 Å². The third kappa shape index (κ3) is 2.79. The Hall–Kier alpha value is -1.50. The van der Waals surface area contributed by atoms with Crippen LogP contribution in [0, 0.1) is 5.82 Å². The summed E-state index contributed by atoms with van der Waals surface area (Å²) >= 11 is 6.99. The summed E-state index contributed by atoms with van der Waals surface area (Å²) in [6.07, 6.45) is 0. The molecule has 0 bridgehead atoms. The normalized spacial score (nSPS) is 11.6. The molecule has 4 nitrogen and oxygen atoms in total. The first-order valence-corrected chi connectivity index (χ1v) is 5.85. The van der Waals surface area contributed by atoms with E-state index in [0.29, 0.717) is 11.4 Å². The summed E-state index contributed by atoms with van der Waals surface area (Å²) in [6, 6.07) is 4.02. The third-order valence-corrected chi connectivity index (χ3v) is 2.80. The van der Waals surface area contributed by atoms with E-state index in [1.807, 2.05) is 5.48 Å². The number of nitrogens with one attached hydrogen (secondary N) is 1. The van der Waals surface area contributed by atoms with Crippen LogP contribution < -0.4 is 5.48 Å². The van der Waals surface area contributed by atoms with Crippen molar-refractivity contribution in [1.29, 1.82) is 0 Å². The van der Waals surface area contributed by atoms with Crippen LogP contribution in [0.15, 0.2) is 34.1 Å². The highest BCUT2D eigenvalue weighted by atomic mass is 35.5. The minimum atomic E-state index is -0.516. The maximum absolute atomic E-state index is 12.9. The molecule has 0 aliphatic carbocycles. The van der Waals surface area contributed by atoms with Gasteiger partial charge in [0.1, 0.15) is 11.5 Å². The van der Waals surface area contributed by atoms with Gasteiger partial charge >= 0.3 is 0 Å². The zero-order chi connectivity index (χ0) is 12.3. The molecule has 0 amide bonds. The third-order valence-electron chi connectivity index (χ3n) is 1.92. The van der Waals surface area contributed by atoms with Gasteiger partial charge in [0.2, 0.25) is 0 Å². The van der Waals surface area contributed by atoms with E-state index in [1.165, 1.54) is 29.5 Å². The highest BCUT2D eigenvalue weighted by Gasteiger charge is 2.06. The van der Waals surface area contributed by atoms with Gasteiger partial charge in [0.25, 0.3) is 0 Å². The summed E-state index contributed by atoms with van der Waals surface area (Å²) in [6.45, 7) is 0. The molecule has 0 fully saturated rings. The summed E-state index contributed by atoms with van der Waals surface area (Å²) in [5.74, 6) is -0.341. The van der Waals surface area contributed by atoms with E-state index in [4.69, 9.17) is 16.8 Å². The van der Waals surface area contributed by atoms with Crippen molar-refractivity contribution >= 4 is 34.5 Å². The van der Waals surface area contributed by atoms with E-state index >= 15 is 0 Å². The highest BCUT2D eigenvalue weighted by Crippen LogP contribution is 2.22. The van der Waals surface area contributed by atoms with E-state index in [-0.39, 0.29) is 10.9 Å². The van der Waals surface area contributed by atoms with E-state index in [0.717, 1.165) is 0 Å². The van der Waals surface area contributed by atoms with E-state index in [1.54, 1.807) is 10.9 Å². The Kier molecular flexibility index (Phi) is 3.68. The molecule has 7 heteroatoms. The lowest BCUT2D eigenvalue weighted by atomic mass is 10.3. The van der Waals surface area contributed by atoms with Crippen LogP contribution in [0.25, 0.3) is 0 Å². The maximum atomic E-state index is 12.9. The quantitative estimate of drug-likeness (QED) is 0.501. The van der Waals surface area contributed by atoms with Crippen molar-refractivity contribution in [3.63, 3.8) is 0 Å². The summed E-state index contributed by atoms with van der Waals surface area (Å²) in [7, 11) is 0. The van der Waals surface area contributed by atoms with Crippen LogP contribution in [0.4, 0.5) is 10.1 Å². The summed E-state index contributed by atoms with van der Waals surface area (Å²) in [4.78, 5) is 8.05. The number of halogens is 2. The van der Waals surface area contributed by atoms with Crippen molar-refractivity contribution in [2.75, 3.05) is 0 Å². The standard InChI is InChI=1S/C10H7ClFN3OS/c11-7-3-6(1-2-8(7)12)14-10(15-16)9-4-17-5-13-9/h1-5,16H,(H,14,15). The maximum Gasteiger partial charge on any atom is 0.177 e. The molecule has 0 radical (unpaired) electrons. The highest BCUT2D eigenvalue weighted by molar-refractivity contribution is 7.07. The van der Waals surface area contributed by atoms with Gasteiger partial charge in [-0.15, -0.1) is 11.3 Å². The Morgan fingerprint density at radius 1 is 1.53 bits per heavy atom. The average molecular weight is 272 g/mol. The van der Waals surface area contributed by atoms with Crippen molar-refractivity contribution in [3.8, 4) is 0 Å². The van der Waals surface area contributed by atoms with Crippen molar-refractivity contribution < 1.29 is 9.60 Å². The average Bonchev–Trinajstić information content (AvgIpc) is 2.84. The van der Waals surface area contributed by atoms with Crippen LogP contribution in [-0.2, 0) is 0 Å². The van der Waals surface area contributed by atoms with Crippen LogP contribution >= 0.6 is 22.9 Å². The molecule has 1 heterocycles. The lowest BCUT2D eigenvalue weighted by Crippen LogP contribution is -2.20. The molecule has 0 saturated carbocycles. The number of aliphatic imine (C=N–C) groups is 1. The van der Waals surface area contributed by atoms with Crippen LogP contribution in [0.1, 0.15) is 5.69 Å². The minimum absolute atomic E-state index is 0.0261. The van der Waals surface area contributed by atoms with Gasteiger partial charge in [-0.2, -0.15) is 0 Å². The van der Waals surface area contributed by atoms with Crippen molar-refractivity contribution in [2.45, 2.75) is 0 Å². The Bertz CT molecular complexity index is 544. The molecule has 0 aliphatic heterocycles. The number of aromatic nitrogens is 1. The van der Waals surface area contributed by atoms with Gasteiger partial charge in [-0.1, -0.05) is 11.6 Å². The summed E-state index contributed by atoms with van der Waals surface area (Å²) < 4.78 is 12.9. The Morgan fingerprint density at radius 2 is 2.35 bits per heavy atom. The fourth-order valence-corrected chi connectivity index (χ4v) is 1.86. The lowest BCUT2D eigenvalue weighted by molar-refractivity contribution is 0.235. The van der Waals surface area contributed by atoms with Gasteiger partial charge < -0.3 is 0 Å². The smallest absolute Gasteiger partial charge is 0.177 e. The van der Waals surface area contributed by atoms with Gasteiger partial charge in [-0.05, 0) is 18.2 Å². The molecule has 88 valence electrons. The van der Waals surface area contributed by atoms with E-state index in [2.05, 4.69) is 9.98 Å². The lowest BCUT2D eigenvalue weighted by Gasteiger charge is -2.02. The molecule has 1 aromatic heterocycles. The second-order valence-electron chi connectivity index (χ2n) is 3.04. The van der Waals surface area contributed by atoms with Crippen molar-refractivity contribution in [1.82, 2.24) is 10.5 Å². The Morgan fingerprint density at radius 3 is 2.94 bits per heavy atom. The molecule has 2 rings (SSSR count). The second-order valence-corrected chi connectivity index (χ2v) is 4.17. The number of benzene rings is 1. The molecular formula is C10H7ClFN3OS. The predicted octanol–water partition coefficient (Wildman–Crippen LogP) is 2.99. The number of hydrogen-bond donors (Lipinski definition) is 2. The minimum Gasteiger partial charge on any atom is -0.290 e. The molecule has 0 saturated heterocycles. The number of nitrogens with zero attached hydrogens (tertiary/aromatic N) is 2.